The first kappa shape index (κ1) is 9.62. The van der Waals surface area contributed by atoms with Gasteiger partial charge in [-0.1, -0.05) is 6.92 Å². The largest absolute Gasteiger partial charge is 0.156 e. The van der Waals surface area contributed by atoms with Crippen LogP contribution in [0.4, 0.5) is 0 Å². The van der Waals surface area contributed by atoms with Crippen LogP contribution in [0.15, 0.2) is 15.9 Å². The average Bonchev–Trinajstić information content (AvgIpc) is 2.37. The Morgan fingerprint density at radius 2 is 2.36 bits per heavy atom. The predicted octanol–water partition coefficient (Wildman–Crippen LogP) is 4.15. The van der Waals surface area contributed by atoms with Crippen molar-refractivity contribution in [3.63, 3.8) is 0 Å². The second kappa shape index (κ2) is 5.22. The van der Waals surface area contributed by atoms with Crippen LogP contribution in [-0.2, 0) is 5.75 Å². The van der Waals surface area contributed by atoms with Crippen LogP contribution in [0.25, 0.3) is 0 Å². The number of hydrogen-bond donors (Lipinski definition) is 0. The highest BCUT2D eigenvalue weighted by atomic mass is 79.9. The molecule has 0 aliphatic heterocycles. The molecule has 0 aromatic carbocycles. The van der Waals surface area contributed by atoms with Crippen LogP contribution in [0.5, 0.6) is 0 Å². The van der Waals surface area contributed by atoms with Crippen molar-refractivity contribution in [1.29, 1.82) is 0 Å². The summed E-state index contributed by atoms with van der Waals surface area (Å²) in [7, 11) is 0. The molecule has 11 heavy (non-hydrogen) atoms. The van der Waals surface area contributed by atoms with E-state index in [0.29, 0.717) is 0 Å². The molecule has 1 heterocycles. The third kappa shape index (κ3) is 3.63. The second-order valence-corrected chi connectivity index (χ2v) is 5.91. The van der Waals surface area contributed by atoms with E-state index in [9.17, 15) is 0 Å². The van der Waals surface area contributed by atoms with Crippen LogP contribution in [0.1, 0.15) is 18.2 Å². The molecule has 0 fully saturated rings. The average molecular weight is 251 g/mol. The summed E-state index contributed by atoms with van der Waals surface area (Å²) in [6, 6.07) is 4.31. The van der Waals surface area contributed by atoms with Gasteiger partial charge in [0.1, 0.15) is 0 Å². The quantitative estimate of drug-likeness (QED) is 0.724. The third-order valence-electron chi connectivity index (χ3n) is 1.22. The van der Waals surface area contributed by atoms with Crippen molar-refractivity contribution < 1.29 is 0 Å². The van der Waals surface area contributed by atoms with Crippen LogP contribution < -0.4 is 0 Å². The summed E-state index contributed by atoms with van der Waals surface area (Å²) in [4.78, 5) is 1.47. The summed E-state index contributed by atoms with van der Waals surface area (Å²) < 4.78 is 1.24. The van der Waals surface area contributed by atoms with Gasteiger partial charge in [0.15, 0.2) is 0 Å². The Hall–Kier alpha value is 0.530. The summed E-state index contributed by atoms with van der Waals surface area (Å²) >= 11 is 7.29. The number of thiophene rings is 1. The van der Waals surface area contributed by atoms with Crippen LogP contribution >= 0.6 is 39.0 Å². The molecule has 0 bridgehead atoms. The van der Waals surface area contributed by atoms with Crippen molar-refractivity contribution in [2.75, 3.05) is 5.75 Å². The van der Waals surface area contributed by atoms with E-state index in [4.69, 9.17) is 0 Å². The molecule has 0 aliphatic rings. The molecule has 0 saturated carbocycles. The fraction of sp³-hybridized carbons (Fsp3) is 0.500. The Labute approximate surface area is 84.5 Å². The number of thioether (sulfide) groups is 1. The van der Waals surface area contributed by atoms with Crippen molar-refractivity contribution >= 4 is 39.0 Å². The summed E-state index contributed by atoms with van der Waals surface area (Å²) in [5.41, 5.74) is 0. The minimum absolute atomic E-state index is 1.17. The van der Waals surface area contributed by atoms with E-state index in [0.717, 1.165) is 0 Å². The SMILES string of the molecule is CCCSCc1ccc(Br)s1. The molecule has 0 atom stereocenters. The van der Waals surface area contributed by atoms with Gasteiger partial charge in [0, 0.05) is 10.6 Å². The van der Waals surface area contributed by atoms with Gasteiger partial charge in [-0.05, 0) is 40.2 Å². The third-order valence-corrected chi connectivity index (χ3v) is 4.24. The van der Waals surface area contributed by atoms with Gasteiger partial charge in [-0.15, -0.1) is 11.3 Å². The first-order valence-electron chi connectivity index (χ1n) is 3.65. The van der Waals surface area contributed by atoms with Crippen molar-refractivity contribution in [3.8, 4) is 0 Å². The zero-order valence-electron chi connectivity index (χ0n) is 6.47. The number of rotatable bonds is 4. The fourth-order valence-corrected chi connectivity index (χ4v) is 3.24. The molecule has 1 aromatic heterocycles. The Morgan fingerprint density at radius 3 is 2.91 bits per heavy atom. The smallest absolute Gasteiger partial charge is 0.0701 e. The Morgan fingerprint density at radius 1 is 1.55 bits per heavy atom. The lowest BCUT2D eigenvalue weighted by molar-refractivity contribution is 1.10. The molecule has 0 amide bonds. The predicted molar refractivity (Wildman–Crippen MR) is 58.5 cm³/mol. The standard InChI is InChI=1S/C8H11BrS2/c1-2-5-10-6-7-3-4-8(9)11-7/h3-4H,2,5-6H2,1H3. The van der Waals surface area contributed by atoms with Gasteiger partial charge in [-0.3, -0.25) is 0 Å². The van der Waals surface area contributed by atoms with Crippen molar-refractivity contribution in [2.24, 2.45) is 0 Å². The maximum Gasteiger partial charge on any atom is 0.0701 e. The fourth-order valence-electron chi connectivity index (χ4n) is 0.746. The molecular weight excluding hydrogens is 240 g/mol. The maximum atomic E-state index is 3.45. The lowest BCUT2D eigenvalue weighted by Crippen LogP contribution is -1.75. The monoisotopic (exact) mass is 250 g/mol. The minimum Gasteiger partial charge on any atom is -0.156 e. The molecule has 0 spiro atoms. The molecule has 0 nitrogen and oxygen atoms in total. The topological polar surface area (TPSA) is 0 Å². The molecule has 1 rings (SSSR count). The molecular formula is C8H11BrS2. The van der Waals surface area contributed by atoms with Crippen molar-refractivity contribution in [1.82, 2.24) is 0 Å². The van der Waals surface area contributed by atoms with Gasteiger partial charge in [0.25, 0.3) is 0 Å². The molecule has 0 N–H and O–H groups in total. The van der Waals surface area contributed by atoms with E-state index in [-0.39, 0.29) is 0 Å². The van der Waals surface area contributed by atoms with E-state index < -0.39 is 0 Å². The maximum absolute atomic E-state index is 3.45. The molecule has 0 saturated heterocycles. The Bertz CT molecular complexity index is 208. The molecule has 0 radical (unpaired) electrons. The highest BCUT2D eigenvalue weighted by Crippen LogP contribution is 2.25. The molecule has 1 aromatic rings. The van der Waals surface area contributed by atoms with Crippen LogP contribution in [0.2, 0.25) is 0 Å². The summed E-state index contributed by atoms with van der Waals surface area (Å²) in [6.07, 6.45) is 1.28. The summed E-state index contributed by atoms with van der Waals surface area (Å²) in [5, 5.41) is 0. The number of hydrogen-bond acceptors (Lipinski definition) is 2. The van der Waals surface area contributed by atoms with Gasteiger partial charge in [-0.2, -0.15) is 11.8 Å². The summed E-state index contributed by atoms with van der Waals surface area (Å²) in [5.74, 6) is 2.44. The summed E-state index contributed by atoms with van der Waals surface area (Å²) in [6.45, 7) is 2.22. The molecule has 3 heteroatoms. The van der Waals surface area contributed by atoms with Crippen LogP contribution in [0.3, 0.4) is 0 Å². The zero-order valence-corrected chi connectivity index (χ0v) is 9.69. The molecule has 62 valence electrons. The van der Waals surface area contributed by atoms with Gasteiger partial charge in [-0.25, -0.2) is 0 Å². The first-order valence-corrected chi connectivity index (χ1v) is 6.41. The second-order valence-electron chi connectivity index (χ2n) is 2.26. The molecule has 0 aliphatic carbocycles. The Balaban J connectivity index is 2.27. The first-order chi connectivity index (χ1) is 5.33. The Kier molecular flexibility index (Phi) is 4.57. The lowest BCUT2D eigenvalue weighted by atomic mass is 10.5. The van der Waals surface area contributed by atoms with E-state index in [1.165, 1.54) is 26.6 Å². The lowest BCUT2D eigenvalue weighted by Gasteiger charge is -1.94. The van der Waals surface area contributed by atoms with E-state index in [1.807, 2.05) is 23.1 Å². The number of halogens is 1. The normalized spacial score (nSPS) is 10.4. The zero-order chi connectivity index (χ0) is 8.10. The van der Waals surface area contributed by atoms with Gasteiger partial charge in [0.2, 0.25) is 0 Å². The van der Waals surface area contributed by atoms with Crippen molar-refractivity contribution in [2.45, 2.75) is 19.1 Å². The van der Waals surface area contributed by atoms with Crippen LogP contribution in [-0.4, -0.2) is 5.75 Å². The minimum atomic E-state index is 1.17. The van der Waals surface area contributed by atoms with Crippen LogP contribution in [0, 0.1) is 0 Å². The van der Waals surface area contributed by atoms with E-state index in [1.54, 1.807) is 0 Å². The molecule has 0 unspecified atom stereocenters. The van der Waals surface area contributed by atoms with Gasteiger partial charge in [0.05, 0.1) is 3.79 Å². The highest BCUT2D eigenvalue weighted by molar-refractivity contribution is 9.11. The highest BCUT2D eigenvalue weighted by Gasteiger charge is 1.96. The van der Waals surface area contributed by atoms with E-state index in [2.05, 4.69) is 35.0 Å². The van der Waals surface area contributed by atoms with Crippen molar-refractivity contribution in [3.05, 3.63) is 20.8 Å². The van der Waals surface area contributed by atoms with E-state index >= 15 is 0 Å². The van der Waals surface area contributed by atoms with Gasteiger partial charge >= 0.3 is 0 Å². The van der Waals surface area contributed by atoms with Gasteiger partial charge < -0.3 is 0 Å².